The molecule has 0 heterocycles. The summed E-state index contributed by atoms with van der Waals surface area (Å²) in [6.07, 6.45) is 0.751. The van der Waals surface area contributed by atoms with E-state index in [1.165, 1.54) is 25.3 Å². The molecule has 0 saturated heterocycles. The summed E-state index contributed by atoms with van der Waals surface area (Å²) in [5, 5.41) is 13.3. The van der Waals surface area contributed by atoms with Crippen LogP contribution in [0.25, 0.3) is 0 Å². The lowest BCUT2D eigenvalue weighted by atomic mass is 10.1. The van der Waals surface area contributed by atoms with E-state index in [-0.39, 0.29) is 35.0 Å². The monoisotopic (exact) mass is 251 g/mol. The first-order valence-electron chi connectivity index (χ1n) is 5.42. The van der Waals surface area contributed by atoms with Crippen LogP contribution in [0.15, 0.2) is 18.2 Å². The molecule has 1 saturated carbocycles. The number of amides is 1. The van der Waals surface area contributed by atoms with Gasteiger partial charge in [0.05, 0.1) is 23.7 Å². The maximum absolute atomic E-state index is 11.9. The van der Waals surface area contributed by atoms with Crippen molar-refractivity contribution in [2.45, 2.75) is 18.5 Å². The quantitative estimate of drug-likeness (QED) is 0.596. The highest BCUT2D eigenvalue weighted by Crippen LogP contribution is 2.26. The van der Waals surface area contributed by atoms with Crippen molar-refractivity contribution in [1.29, 1.82) is 0 Å². The summed E-state index contributed by atoms with van der Waals surface area (Å²) < 4.78 is 4.99. The Labute approximate surface area is 103 Å². The molecule has 0 spiro atoms. The molecule has 1 amide bonds. The van der Waals surface area contributed by atoms with Gasteiger partial charge >= 0.3 is 0 Å². The van der Waals surface area contributed by atoms with E-state index < -0.39 is 4.92 Å². The van der Waals surface area contributed by atoms with Gasteiger partial charge < -0.3 is 15.8 Å². The molecular weight excluding hydrogens is 238 g/mol. The molecule has 7 heteroatoms. The third kappa shape index (κ3) is 2.40. The van der Waals surface area contributed by atoms with Crippen LogP contribution in [0.1, 0.15) is 16.8 Å². The molecule has 1 aromatic rings. The summed E-state index contributed by atoms with van der Waals surface area (Å²) in [5.41, 5.74) is 5.74. The van der Waals surface area contributed by atoms with E-state index in [9.17, 15) is 14.9 Å². The van der Waals surface area contributed by atoms with Gasteiger partial charge in [-0.3, -0.25) is 14.9 Å². The van der Waals surface area contributed by atoms with Crippen molar-refractivity contribution >= 4 is 11.6 Å². The van der Waals surface area contributed by atoms with Crippen LogP contribution in [0.3, 0.4) is 0 Å². The molecule has 2 unspecified atom stereocenters. The van der Waals surface area contributed by atoms with Crippen LogP contribution in [-0.4, -0.2) is 30.0 Å². The largest absolute Gasteiger partial charge is 0.496 e. The molecule has 1 aliphatic rings. The zero-order valence-corrected chi connectivity index (χ0v) is 9.75. The van der Waals surface area contributed by atoms with E-state index >= 15 is 0 Å². The zero-order valence-electron chi connectivity index (χ0n) is 9.75. The van der Waals surface area contributed by atoms with Crippen LogP contribution < -0.4 is 15.8 Å². The van der Waals surface area contributed by atoms with Crippen LogP contribution in [0.5, 0.6) is 5.75 Å². The van der Waals surface area contributed by atoms with Gasteiger partial charge in [0.15, 0.2) is 0 Å². The highest BCUT2D eigenvalue weighted by molar-refractivity contribution is 5.97. The number of non-ortho nitro benzene ring substituents is 1. The molecule has 18 heavy (non-hydrogen) atoms. The van der Waals surface area contributed by atoms with Gasteiger partial charge in [-0.1, -0.05) is 0 Å². The van der Waals surface area contributed by atoms with Crippen LogP contribution >= 0.6 is 0 Å². The number of hydrogen-bond acceptors (Lipinski definition) is 5. The second kappa shape index (κ2) is 4.61. The van der Waals surface area contributed by atoms with Crippen molar-refractivity contribution in [3.63, 3.8) is 0 Å². The van der Waals surface area contributed by atoms with E-state index in [0.29, 0.717) is 0 Å². The Hall–Kier alpha value is -2.15. The van der Waals surface area contributed by atoms with Crippen molar-refractivity contribution in [2.24, 2.45) is 5.73 Å². The SMILES string of the molecule is COc1cc([N+](=O)[O-])ccc1C(=O)NC1CC1N. The second-order valence-corrected chi connectivity index (χ2v) is 4.12. The standard InChI is InChI=1S/C11H13N3O4/c1-18-10-4-6(14(16)17)2-3-7(10)11(15)13-9-5-8(9)12/h2-4,8-9H,5,12H2,1H3,(H,13,15). The number of nitrogens with one attached hydrogen (secondary N) is 1. The summed E-state index contributed by atoms with van der Waals surface area (Å²) in [5.74, 6) is -0.157. The van der Waals surface area contributed by atoms with Gasteiger partial charge in [-0.05, 0) is 12.5 Å². The van der Waals surface area contributed by atoms with Crippen LogP contribution in [-0.2, 0) is 0 Å². The first-order valence-corrected chi connectivity index (χ1v) is 5.42. The predicted octanol–water partition coefficient (Wildman–Crippen LogP) is 0.433. The van der Waals surface area contributed by atoms with Crippen molar-refractivity contribution in [3.8, 4) is 5.75 Å². The minimum atomic E-state index is -0.541. The summed E-state index contributed by atoms with van der Waals surface area (Å²) in [4.78, 5) is 22.0. The van der Waals surface area contributed by atoms with E-state index in [1.807, 2.05) is 0 Å². The lowest BCUT2D eigenvalue weighted by Gasteiger charge is -2.08. The Kier molecular flexibility index (Phi) is 3.15. The Morgan fingerprint density at radius 1 is 1.61 bits per heavy atom. The lowest BCUT2D eigenvalue weighted by Crippen LogP contribution is -2.29. The first-order chi connectivity index (χ1) is 8.52. The molecule has 1 fully saturated rings. The fraction of sp³-hybridized carbons (Fsp3) is 0.364. The number of nitrogens with two attached hydrogens (primary N) is 1. The molecule has 1 aliphatic carbocycles. The average molecular weight is 251 g/mol. The van der Waals surface area contributed by atoms with Gasteiger partial charge in [0.1, 0.15) is 5.75 Å². The molecule has 0 bridgehead atoms. The van der Waals surface area contributed by atoms with Crippen molar-refractivity contribution in [2.75, 3.05) is 7.11 Å². The van der Waals surface area contributed by atoms with Gasteiger partial charge in [0.2, 0.25) is 0 Å². The number of rotatable bonds is 4. The fourth-order valence-electron chi connectivity index (χ4n) is 1.61. The van der Waals surface area contributed by atoms with Crippen molar-refractivity contribution < 1.29 is 14.5 Å². The first kappa shape index (κ1) is 12.3. The molecule has 0 aromatic heterocycles. The van der Waals surface area contributed by atoms with Gasteiger partial charge in [0.25, 0.3) is 11.6 Å². The number of nitro groups is 1. The Bertz CT molecular complexity index is 503. The second-order valence-electron chi connectivity index (χ2n) is 4.12. The molecule has 1 aromatic carbocycles. The third-order valence-electron chi connectivity index (χ3n) is 2.80. The molecule has 0 radical (unpaired) electrons. The smallest absolute Gasteiger partial charge is 0.273 e. The topological polar surface area (TPSA) is 107 Å². The van der Waals surface area contributed by atoms with Crippen molar-refractivity contribution in [1.82, 2.24) is 5.32 Å². The maximum Gasteiger partial charge on any atom is 0.273 e. The summed E-state index contributed by atoms with van der Waals surface area (Å²) >= 11 is 0. The molecule has 7 nitrogen and oxygen atoms in total. The number of nitro benzene ring substituents is 1. The summed E-state index contributed by atoms with van der Waals surface area (Å²) in [6, 6.07) is 3.85. The summed E-state index contributed by atoms with van der Waals surface area (Å²) in [7, 11) is 1.36. The Balaban J connectivity index is 2.21. The summed E-state index contributed by atoms with van der Waals surface area (Å²) in [6.45, 7) is 0. The van der Waals surface area contributed by atoms with Gasteiger partial charge in [-0.2, -0.15) is 0 Å². The molecule has 3 N–H and O–H groups in total. The Morgan fingerprint density at radius 2 is 2.28 bits per heavy atom. The number of hydrogen-bond donors (Lipinski definition) is 2. The minimum absolute atomic E-state index is 0.00186. The van der Waals surface area contributed by atoms with E-state index in [1.54, 1.807) is 0 Å². The van der Waals surface area contributed by atoms with Gasteiger partial charge in [-0.25, -0.2) is 0 Å². The third-order valence-corrected chi connectivity index (χ3v) is 2.80. The number of methoxy groups -OCH3 is 1. The lowest BCUT2D eigenvalue weighted by molar-refractivity contribution is -0.384. The van der Waals surface area contributed by atoms with Crippen molar-refractivity contribution in [3.05, 3.63) is 33.9 Å². The van der Waals surface area contributed by atoms with Crippen LogP contribution in [0.2, 0.25) is 0 Å². The molecule has 2 atom stereocenters. The molecule has 96 valence electrons. The highest BCUT2D eigenvalue weighted by atomic mass is 16.6. The normalized spacial score (nSPS) is 21.2. The van der Waals surface area contributed by atoms with E-state index in [2.05, 4.69) is 5.32 Å². The number of ether oxygens (including phenoxy) is 1. The number of carbonyl (C=O) groups excluding carboxylic acids is 1. The number of nitrogens with zero attached hydrogens (tertiary/aromatic N) is 1. The van der Waals surface area contributed by atoms with E-state index in [4.69, 9.17) is 10.5 Å². The zero-order chi connectivity index (χ0) is 13.3. The molecule has 2 rings (SSSR count). The van der Waals surface area contributed by atoms with E-state index in [0.717, 1.165) is 6.42 Å². The Morgan fingerprint density at radius 3 is 2.78 bits per heavy atom. The predicted molar refractivity (Wildman–Crippen MR) is 63.5 cm³/mol. The fourth-order valence-corrected chi connectivity index (χ4v) is 1.61. The van der Waals surface area contributed by atoms with Crippen LogP contribution in [0.4, 0.5) is 5.69 Å². The van der Waals surface area contributed by atoms with Crippen LogP contribution in [0, 0.1) is 10.1 Å². The van der Waals surface area contributed by atoms with Gasteiger partial charge in [-0.15, -0.1) is 0 Å². The molecule has 0 aliphatic heterocycles. The molecular formula is C11H13N3O4. The van der Waals surface area contributed by atoms with Gasteiger partial charge in [0, 0.05) is 18.2 Å². The minimum Gasteiger partial charge on any atom is -0.496 e. The highest BCUT2D eigenvalue weighted by Gasteiger charge is 2.35. The average Bonchev–Trinajstić information content (AvgIpc) is 3.03. The number of benzene rings is 1. The number of carbonyl (C=O) groups is 1. The maximum atomic E-state index is 11.9.